The summed E-state index contributed by atoms with van der Waals surface area (Å²) in [5.41, 5.74) is 1.65. The predicted molar refractivity (Wildman–Crippen MR) is 98.8 cm³/mol. The van der Waals surface area contributed by atoms with Gasteiger partial charge in [-0.05, 0) is 11.1 Å². The Labute approximate surface area is 148 Å². The molecule has 0 aromatic heterocycles. The molecule has 0 heterocycles. The summed E-state index contributed by atoms with van der Waals surface area (Å²) < 4.78 is 5.60. The second-order valence-electron chi connectivity index (χ2n) is 6.61. The Morgan fingerprint density at radius 2 is 1.58 bits per heavy atom. The van der Waals surface area contributed by atoms with Crippen molar-refractivity contribution < 1.29 is 14.6 Å². The number of aliphatic hydroxyl groups is 1. The Hall–Kier alpha value is -1.62. The molecule has 0 aliphatic heterocycles. The number of hydrogen-bond acceptors (Lipinski definition) is 4. The summed E-state index contributed by atoms with van der Waals surface area (Å²) in [7, 11) is 0. The maximum atomic E-state index is 12.7. The van der Waals surface area contributed by atoms with Crippen molar-refractivity contribution in [3.8, 4) is 0 Å². The lowest BCUT2D eigenvalue weighted by Crippen LogP contribution is -2.31. The molecule has 0 unspecified atom stereocenters. The fraction of sp³-hybridized carbons (Fsp3) is 0.350. The van der Waals surface area contributed by atoms with E-state index in [-0.39, 0.29) is 16.5 Å². The van der Waals surface area contributed by atoms with Gasteiger partial charge in [0.2, 0.25) is 5.12 Å². The zero-order valence-electron chi connectivity index (χ0n) is 14.3. The second kappa shape index (κ2) is 8.47. The van der Waals surface area contributed by atoms with E-state index in [0.29, 0.717) is 5.56 Å². The van der Waals surface area contributed by atoms with Crippen molar-refractivity contribution in [1.29, 1.82) is 0 Å². The number of aliphatic hydroxyl groups excluding tert-OH is 1. The van der Waals surface area contributed by atoms with E-state index in [1.54, 1.807) is 12.1 Å². The fourth-order valence-electron chi connectivity index (χ4n) is 2.23. The molecule has 4 heteroatoms. The standard InChI is InChI=1S/C20H24O3S/c1-20(2,3)24-19(22)18(17(21)16-12-8-5-9-13-16)23-14-15-10-6-4-7-11-15/h4-13,17-18,21H,14H2,1-3H3/t17-,18-/m1/s1. The molecule has 0 aliphatic carbocycles. The molecule has 0 saturated carbocycles. The molecule has 2 rings (SSSR count). The smallest absolute Gasteiger partial charge is 0.221 e. The second-order valence-corrected chi connectivity index (χ2v) is 8.44. The molecule has 0 bridgehead atoms. The van der Waals surface area contributed by atoms with Crippen molar-refractivity contribution in [3.63, 3.8) is 0 Å². The quantitative estimate of drug-likeness (QED) is 0.845. The van der Waals surface area contributed by atoms with Gasteiger partial charge in [-0.25, -0.2) is 0 Å². The van der Waals surface area contributed by atoms with Crippen molar-refractivity contribution in [1.82, 2.24) is 0 Å². The highest BCUT2D eigenvalue weighted by atomic mass is 32.2. The van der Waals surface area contributed by atoms with Crippen LogP contribution in [0.3, 0.4) is 0 Å². The first-order chi connectivity index (χ1) is 11.4. The lowest BCUT2D eigenvalue weighted by atomic mass is 10.1. The highest BCUT2D eigenvalue weighted by molar-refractivity contribution is 8.14. The largest absolute Gasteiger partial charge is 0.385 e. The van der Waals surface area contributed by atoms with Crippen LogP contribution in [0.4, 0.5) is 0 Å². The minimum atomic E-state index is -0.989. The van der Waals surface area contributed by atoms with Crippen LogP contribution in [0, 0.1) is 0 Å². The predicted octanol–water partition coefficient (Wildman–Crippen LogP) is 4.36. The molecule has 0 spiro atoms. The van der Waals surface area contributed by atoms with Crippen molar-refractivity contribution in [3.05, 3.63) is 71.8 Å². The summed E-state index contributed by atoms with van der Waals surface area (Å²) in [6.07, 6.45) is -1.89. The maximum absolute atomic E-state index is 12.7. The van der Waals surface area contributed by atoms with E-state index < -0.39 is 12.2 Å². The summed E-state index contributed by atoms with van der Waals surface area (Å²) in [5.74, 6) is 0. The first kappa shape index (κ1) is 18.7. The Morgan fingerprint density at radius 3 is 2.12 bits per heavy atom. The molecule has 128 valence electrons. The van der Waals surface area contributed by atoms with Crippen LogP contribution in [-0.4, -0.2) is 21.1 Å². The minimum Gasteiger partial charge on any atom is -0.385 e. The van der Waals surface area contributed by atoms with E-state index in [0.717, 1.165) is 5.56 Å². The Balaban J connectivity index is 2.15. The molecule has 3 nitrogen and oxygen atoms in total. The lowest BCUT2D eigenvalue weighted by Gasteiger charge is -2.25. The molecule has 2 aromatic carbocycles. The lowest BCUT2D eigenvalue weighted by molar-refractivity contribution is -0.131. The van der Waals surface area contributed by atoms with E-state index in [2.05, 4.69) is 0 Å². The van der Waals surface area contributed by atoms with Gasteiger partial charge in [0.1, 0.15) is 6.10 Å². The molecule has 0 aliphatic rings. The van der Waals surface area contributed by atoms with Crippen LogP contribution in [0.1, 0.15) is 38.0 Å². The van der Waals surface area contributed by atoms with Gasteiger partial charge in [0.25, 0.3) is 0 Å². The van der Waals surface area contributed by atoms with Crippen molar-refractivity contribution in [2.75, 3.05) is 0 Å². The molecule has 0 saturated heterocycles. The monoisotopic (exact) mass is 344 g/mol. The third-order valence-electron chi connectivity index (χ3n) is 3.34. The van der Waals surface area contributed by atoms with Crippen LogP contribution in [0.2, 0.25) is 0 Å². The molecule has 2 aromatic rings. The zero-order valence-corrected chi connectivity index (χ0v) is 15.1. The number of benzene rings is 2. The normalized spacial score (nSPS) is 14.2. The average Bonchev–Trinajstić information content (AvgIpc) is 2.55. The van der Waals surface area contributed by atoms with Gasteiger partial charge in [-0.3, -0.25) is 4.79 Å². The molecule has 2 atom stereocenters. The van der Waals surface area contributed by atoms with Crippen LogP contribution in [0.25, 0.3) is 0 Å². The molecule has 24 heavy (non-hydrogen) atoms. The summed E-state index contributed by atoms with van der Waals surface area (Å²) in [5, 5.41) is 10.5. The van der Waals surface area contributed by atoms with E-state index in [9.17, 15) is 9.90 Å². The van der Waals surface area contributed by atoms with Gasteiger partial charge in [-0.2, -0.15) is 0 Å². The van der Waals surface area contributed by atoms with E-state index in [1.165, 1.54) is 11.8 Å². The third-order valence-corrected chi connectivity index (χ3v) is 4.39. The molecular formula is C20H24O3S. The van der Waals surface area contributed by atoms with Gasteiger partial charge in [0.15, 0.2) is 6.10 Å². The van der Waals surface area contributed by atoms with E-state index >= 15 is 0 Å². The number of carbonyl (C=O) groups excluding carboxylic acids is 1. The SMILES string of the molecule is CC(C)(C)SC(=O)[C@H](OCc1ccccc1)[C@H](O)c1ccccc1. The number of thioether (sulfide) groups is 1. The first-order valence-electron chi connectivity index (χ1n) is 7.98. The van der Waals surface area contributed by atoms with Crippen molar-refractivity contribution in [2.45, 2.75) is 44.3 Å². The third kappa shape index (κ3) is 5.78. The molecule has 0 fully saturated rings. The van der Waals surface area contributed by atoms with Crippen molar-refractivity contribution in [2.24, 2.45) is 0 Å². The van der Waals surface area contributed by atoms with Gasteiger partial charge >= 0.3 is 0 Å². The van der Waals surface area contributed by atoms with Crippen LogP contribution in [-0.2, 0) is 16.1 Å². The van der Waals surface area contributed by atoms with Crippen LogP contribution in [0.5, 0.6) is 0 Å². The number of ether oxygens (including phenoxy) is 1. The summed E-state index contributed by atoms with van der Waals surface area (Å²) in [6, 6.07) is 18.8. The fourth-order valence-corrected chi connectivity index (χ4v) is 3.15. The minimum absolute atomic E-state index is 0.158. The number of hydrogen-bond donors (Lipinski definition) is 1. The number of carbonyl (C=O) groups is 1. The molecule has 0 amide bonds. The highest BCUT2D eigenvalue weighted by Gasteiger charge is 2.32. The van der Waals surface area contributed by atoms with E-state index in [1.807, 2.05) is 69.3 Å². The van der Waals surface area contributed by atoms with Gasteiger partial charge in [-0.1, -0.05) is 93.2 Å². The highest BCUT2D eigenvalue weighted by Crippen LogP contribution is 2.31. The summed E-state index contributed by atoms with van der Waals surface area (Å²) in [4.78, 5) is 12.7. The van der Waals surface area contributed by atoms with Gasteiger partial charge in [0.05, 0.1) is 6.61 Å². The first-order valence-corrected chi connectivity index (χ1v) is 8.80. The van der Waals surface area contributed by atoms with Crippen LogP contribution >= 0.6 is 11.8 Å². The summed E-state index contributed by atoms with van der Waals surface area (Å²) in [6.45, 7) is 6.20. The average molecular weight is 344 g/mol. The van der Waals surface area contributed by atoms with Gasteiger partial charge < -0.3 is 9.84 Å². The van der Waals surface area contributed by atoms with Crippen molar-refractivity contribution >= 4 is 16.9 Å². The number of rotatable bonds is 6. The van der Waals surface area contributed by atoms with Crippen LogP contribution in [0.15, 0.2) is 60.7 Å². The topological polar surface area (TPSA) is 46.5 Å². The zero-order chi connectivity index (χ0) is 17.6. The Morgan fingerprint density at radius 1 is 1.04 bits per heavy atom. The Kier molecular flexibility index (Phi) is 6.60. The Bertz CT molecular complexity index is 635. The van der Waals surface area contributed by atoms with Gasteiger partial charge in [0, 0.05) is 4.75 Å². The van der Waals surface area contributed by atoms with Gasteiger partial charge in [-0.15, -0.1) is 0 Å². The summed E-state index contributed by atoms with van der Waals surface area (Å²) >= 11 is 1.20. The molecular weight excluding hydrogens is 320 g/mol. The van der Waals surface area contributed by atoms with Crippen LogP contribution < -0.4 is 0 Å². The molecule has 0 radical (unpaired) electrons. The molecule has 1 N–H and O–H groups in total. The van der Waals surface area contributed by atoms with E-state index in [4.69, 9.17) is 4.74 Å². The maximum Gasteiger partial charge on any atom is 0.221 e.